The van der Waals surface area contributed by atoms with Crippen LogP contribution in [0.4, 0.5) is 34.1 Å². The number of rotatable bonds is 2. The van der Waals surface area contributed by atoms with E-state index in [1.807, 2.05) is 42.5 Å². The summed E-state index contributed by atoms with van der Waals surface area (Å²) in [6.07, 6.45) is 4.19. The molecule has 8 rings (SSSR count). The Labute approximate surface area is 275 Å². The SMILES string of the molecule is CN1c2cc3c([c-]c2N2[CH-]N(c4ccccc4)c4cccc1c42)C(C)(C)CCC3(C)C.[Ir+3].[c-]1ccccc1-c1ccccn1. The van der Waals surface area contributed by atoms with E-state index in [0.29, 0.717) is 0 Å². The number of hydrogen-bond donors (Lipinski definition) is 0. The maximum absolute atomic E-state index is 4.22. The van der Waals surface area contributed by atoms with Crippen molar-refractivity contribution in [2.45, 2.75) is 51.4 Å². The number of para-hydroxylation sites is 2. The molecule has 4 nitrogen and oxygen atoms in total. The van der Waals surface area contributed by atoms with Crippen molar-refractivity contribution in [2.75, 3.05) is 21.7 Å². The number of fused-ring (bicyclic) bond motifs is 3. The van der Waals surface area contributed by atoms with Gasteiger partial charge in [0.05, 0.1) is 11.4 Å². The molecule has 0 saturated carbocycles. The minimum absolute atomic E-state index is 0. The smallest absolute Gasteiger partial charge is 0.490 e. The Bertz CT molecular complexity index is 1730. The summed E-state index contributed by atoms with van der Waals surface area (Å²) in [6, 6.07) is 40.4. The quantitative estimate of drug-likeness (QED) is 0.168. The first-order valence-corrected chi connectivity index (χ1v) is 15.1. The zero-order valence-corrected chi connectivity index (χ0v) is 28.3. The predicted octanol–water partition coefficient (Wildman–Crippen LogP) is 9.87. The Balaban J connectivity index is 0.000000222. The van der Waals surface area contributed by atoms with Gasteiger partial charge in [-0.1, -0.05) is 81.6 Å². The van der Waals surface area contributed by atoms with Crippen LogP contribution in [0, 0.1) is 18.8 Å². The second-order valence-corrected chi connectivity index (χ2v) is 12.9. The Kier molecular flexibility index (Phi) is 7.90. The average Bonchev–Trinajstić information content (AvgIpc) is 3.44. The molecule has 0 spiro atoms. The van der Waals surface area contributed by atoms with Crippen molar-refractivity contribution in [3.8, 4) is 11.3 Å². The molecule has 0 unspecified atom stereocenters. The van der Waals surface area contributed by atoms with Crippen LogP contribution in [0.15, 0.2) is 103 Å². The summed E-state index contributed by atoms with van der Waals surface area (Å²) in [7, 11) is 2.19. The molecule has 0 saturated heterocycles. The average molecular weight is 754 g/mol. The maximum atomic E-state index is 4.22. The number of benzene rings is 4. The predicted molar refractivity (Wildman–Crippen MR) is 179 cm³/mol. The summed E-state index contributed by atoms with van der Waals surface area (Å²) < 4.78 is 0. The van der Waals surface area contributed by atoms with E-state index in [4.69, 9.17) is 0 Å². The van der Waals surface area contributed by atoms with Gasteiger partial charge in [0.1, 0.15) is 0 Å². The van der Waals surface area contributed by atoms with Crippen LogP contribution in [-0.4, -0.2) is 12.0 Å². The minimum Gasteiger partial charge on any atom is -0.490 e. The van der Waals surface area contributed by atoms with E-state index >= 15 is 0 Å². The Hall–Kier alpha value is -3.92. The molecule has 0 fully saturated rings. The zero-order chi connectivity index (χ0) is 29.8. The topological polar surface area (TPSA) is 22.6 Å². The fourth-order valence-corrected chi connectivity index (χ4v) is 6.55. The zero-order valence-electron chi connectivity index (χ0n) is 25.9. The van der Waals surface area contributed by atoms with Crippen LogP contribution in [0.5, 0.6) is 0 Å². The van der Waals surface area contributed by atoms with Crippen LogP contribution < -0.4 is 14.7 Å². The van der Waals surface area contributed by atoms with Gasteiger partial charge in [0.2, 0.25) is 0 Å². The van der Waals surface area contributed by atoms with Crippen molar-refractivity contribution < 1.29 is 20.1 Å². The molecule has 0 atom stereocenters. The van der Waals surface area contributed by atoms with Crippen molar-refractivity contribution in [3.05, 3.63) is 133 Å². The van der Waals surface area contributed by atoms with Crippen LogP contribution in [0.2, 0.25) is 0 Å². The summed E-state index contributed by atoms with van der Waals surface area (Å²) in [5, 5.41) is 0. The number of hydrogen-bond acceptors (Lipinski definition) is 4. The van der Waals surface area contributed by atoms with E-state index in [0.717, 1.165) is 16.9 Å². The van der Waals surface area contributed by atoms with Crippen molar-refractivity contribution in [1.82, 2.24) is 4.98 Å². The van der Waals surface area contributed by atoms with Crippen LogP contribution in [0.25, 0.3) is 11.3 Å². The number of nitrogens with zero attached hydrogens (tertiary/aromatic N) is 4. The molecular weight excluding hydrogens is 717 g/mol. The molecule has 222 valence electrons. The molecule has 3 aliphatic rings. The third-order valence-corrected chi connectivity index (χ3v) is 9.19. The summed E-state index contributed by atoms with van der Waals surface area (Å²) in [5.41, 5.74) is 12.4. The Morgan fingerprint density at radius 1 is 0.750 bits per heavy atom. The molecule has 0 N–H and O–H groups in total. The Morgan fingerprint density at radius 3 is 2.20 bits per heavy atom. The second-order valence-electron chi connectivity index (χ2n) is 12.9. The Morgan fingerprint density at radius 2 is 1.48 bits per heavy atom. The van der Waals surface area contributed by atoms with Gasteiger partial charge in [-0.3, -0.25) is 0 Å². The molecule has 2 aliphatic heterocycles. The van der Waals surface area contributed by atoms with Gasteiger partial charge in [0.25, 0.3) is 0 Å². The summed E-state index contributed by atoms with van der Waals surface area (Å²) in [6.45, 7) is 11.8. The van der Waals surface area contributed by atoms with Crippen molar-refractivity contribution in [2.24, 2.45) is 0 Å². The molecule has 0 bridgehead atoms. The fourth-order valence-electron chi connectivity index (χ4n) is 6.55. The van der Waals surface area contributed by atoms with Crippen LogP contribution >= 0.6 is 0 Å². The van der Waals surface area contributed by atoms with E-state index in [2.05, 4.69) is 128 Å². The van der Waals surface area contributed by atoms with Gasteiger partial charge in [-0.05, 0) is 60.6 Å². The van der Waals surface area contributed by atoms with Crippen molar-refractivity contribution in [1.29, 1.82) is 0 Å². The van der Waals surface area contributed by atoms with Gasteiger partial charge in [-0.15, -0.1) is 54.2 Å². The third-order valence-electron chi connectivity index (χ3n) is 9.19. The second kappa shape index (κ2) is 11.5. The molecular formula is C39H37IrN4. The first kappa shape index (κ1) is 30.1. The molecule has 5 aromatic rings. The van der Waals surface area contributed by atoms with E-state index in [1.54, 1.807) is 6.20 Å². The van der Waals surface area contributed by atoms with E-state index in [1.165, 1.54) is 52.4 Å². The minimum atomic E-state index is 0. The van der Waals surface area contributed by atoms with Gasteiger partial charge >= 0.3 is 20.1 Å². The molecule has 44 heavy (non-hydrogen) atoms. The van der Waals surface area contributed by atoms with Crippen molar-refractivity contribution >= 4 is 34.1 Å². The molecule has 1 aromatic heterocycles. The van der Waals surface area contributed by atoms with Gasteiger partial charge in [0.15, 0.2) is 0 Å². The monoisotopic (exact) mass is 754 g/mol. The van der Waals surface area contributed by atoms with Gasteiger partial charge < -0.3 is 19.7 Å². The van der Waals surface area contributed by atoms with Gasteiger partial charge in [-0.25, -0.2) is 0 Å². The largest absolute Gasteiger partial charge is 3.00 e. The first-order valence-electron chi connectivity index (χ1n) is 15.1. The molecule has 4 aromatic carbocycles. The van der Waals surface area contributed by atoms with Crippen LogP contribution in [-0.2, 0) is 30.9 Å². The number of pyridine rings is 1. The fraction of sp³-hybridized carbons (Fsp3) is 0.231. The standard InChI is InChI=1S/C28H29N3.C11H8N.Ir/c1-27(2)14-15-28(3,4)21-17-25-24(16-20(21)27)29(5)22-12-9-13-23-26(22)31(25)18-30(23)19-10-7-6-8-11-19;1-2-6-10(7-3-1)11-8-4-5-9-12-11;/h6-13,16,18H,14-15H2,1-5H3;1-6,8-9H;/q-2;-1;+3. The summed E-state index contributed by atoms with van der Waals surface area (Å²) >= 11 is 0. The van der Waals surface area contributed by atoms with E-state index in [9.17, 15) is 0 Å². The first-order chi connectivity index (χ1) is 20.7. The summed E-state index contributed by atoms with van der Waals surface area (Å²) in [4.78, 5) is 11.2. The molecule has 1 aliphatic carbocycles. The van der Waals surface area contributed by atoms with Crippen LogP contribution in [0.3, 0.4) is 0 Å². The van der Waals surface area contributed by atoms with Gasteiger partial charge in [0, 0.05) is 17.6 Å². The van der Waals surface area contributed by atoms with Gasteiger partial charge in [-0.2, -0.15) is 11.6 Å². The third kappa shape index (κ3) is 5.12. The maximum Gasteiger partial charge on any atom is 3.00 e. The molecule has 0 radical (unpaired) electrons. The number of aromatic nitrogens is 1. The van der Waals surface area contributed by atoms with Crippen LogP contribution in [0.1, 0.15) is 51.7 Å². The number of anilines is 6. The molecule has 3 heterocycles. The molecule has 0 amide bonds. The van der Waals surface area contributed by atoms with E-state index in [-0.39, 0.29) is 30.9 Å². The van der Waals surface area contributed by atoms with E-state index < -0.39 is 0 Å². The van der Waals surface area contributed by atoms with Crippen molar-refractivity contribution in [3.63, 3.8) is 0 Å². The molecule has 5 heteroatoms. The summed E-state index contributed by atoms with van der Waals surface area (Å²) in [5.74, 6) is 0. The normalized spacial score (nSPS) is 16.5.